The Balaban J connectivity index is 1.38. The molecule has 1 unspecified atom stereocenters. The van der Waals surface area contributed by atoms with Crippen molar-refractivity contribution in [1.29, 1.82) is 0 Å². The average Bonchev–Trinajstić information content (AvgIpc) is 3.17. The Kier molecular flexibility index (Phi) is 4.07. The van der Waals surface area contributed by atoms with Crippen LogP contribution in [0.4, 0.5) is 0 Å². The van der Waals surface area contributed by atoms with Gasteiger partial charge < -0.3 is 9.47 Å². The molecule has 4 heterocycles. The van der Waals surface area contributed by atoms with Gasteiger partial charge in [-0.05, 0) is 31.6 Å². The molecule has 1 amide bonds. The van der Waals surface area contributed by atoms with Crippen molar-refractivity contribution in [3.05, 3.63) is 51.9 Å². The molecule has 3 aromatic rings. The van der Waals surface area contributed by atoms with Crippen LogP contribution in [0.1, 0.15) is 47.8 Å². The fraction of sp³-hybridized carbons (Fsp3) is 0.474. The maximum absolute atomic E-state index is 13.0. The van der Waals surface area contributed by atoms with Gasteiger partial charge in [-0.3, -0.25) is 14.0 Å². The predicted octanol–water partition coefficient (Wildman–Crippen LogP) is 2.38. The third kappa shape index (κ3) is 3.07. The Bertz CT molecular complexity index is 1050. The zero-order chi connectivity index (χ0) is 18.4. The number of carbonyl (C=O) groups is 1. The second-order valence-electron chi connectivity index (χ2n) is 7.50. The number of hydrogen-bond acceptors (Lipinski definition) is 5. The van der Waals surface area contributed by atoms with E-state index in [0.29, 0.717) is 18.1 Å². The lowest BCUT2D eigenvalue weighted by Crippen LogP contribution is -2.42. The van der Waals surface area contributed by atoms with E-state index >= 15 is 0 Å². The summed E-state index contributed by atoms with van der Waals surface area (Å²) in [5, 5.41) is 1.80. The van der Waals surface area contributed by atoms with E-state index in [-0.39, 0.29) is 22.9 Å². The van der Waals surface area contributed by atoms with Crippen molar-refractivity contribution in [1.82, 2.24) is 23.8 Å². The first-order valence-electron chi connectivity index (χ1n) is 9.46. The lowest BCUT2D eigenvalue weighted by atomic mass is 9.96. The smallest absolute Gasteiger partial charge is 0.271 e. The van der Waals surface area contributed by atoms with Crippen molar-refractivity contribution in [2.75, 3.05) is 13.1 Å². The van der Waals surface area contributed by atoms with Crippen LogP contribution in [0.15, 0.2) is 35.0 Å². The number of aromatic nitrogens is 4. The van der Waals surface area contributed by atoms with Crippen LogP contribution in [0, 0.1) is 5.92 Å². The summed E-state index contributed by atoms with van der Waals surface area (Å²) in [6.45, 7) is 2.30. The van der Waals surface area contributed by atoms with Gasteiger partial charge in [0.1, 0.15) is 11.4 Å². The van der Waals surface area contributed by atoms with Gasteiger partial charge in [-0.2, -0.15) is 0 Å². The molecule has 1 saturated heterocycles. The van der Waals surface area contributed by atoms with Gasteiger partial charge in [-0.25, -0.2) is 9.97 Å². The number of piperidine rings is 1. The molecule has 1 atom stereocenters. The van der Waals surface area contributed by atoms with Crippen LogP contribution < -0.4 is 5.56 Å². The summed E-state index contributed by atoms with van der Waals surface area (Å²) in [5.41, 5.74) is -0.142. The van der Waals surface area contributed by atoms with Crippen LogP contribution >= 0.6 is 11.3 Å². The van der Waals surface area contributed by atoms with Crippen molar-refractivity contribution in [3.63, 3.8) is 0 Å². The van der Waals surface area contributed by atoms with Gasteiger partial charge in [0.25, 0.3) is 11.5 Å². The fourth-order valence-corrected chi connectivity index (χ4v) is 4.60. The normalized spacial score (nSPS) is 20.3. The van der Waals surface area contributed by atoms with E-state index in [1.807, 2.05) is 6.20 Å². The van der Waals surface area contributed by atoms with Gasteiger partial charge >= 0.3 is 0 Å². The second kappa shape index (κ2) is 6.60. The number of fused-ring (bicyclic) bond motifs is 1. The zero-order valence-corrected chi connectivity index (χ0v) is 15.8. The molecule has 5 rings (SSSR count). The van der Waals surface area contributed by atoms with E-state index in [1.54, 1.807) is 16.5 Å². The molecule has 0 aromatic carbocycles. The van der Waals surface area contributed by atoms with Crippen molar-refractivity contribution in [2.45, 2.75) is 38.1 Å². The number of amides is 1. The van der Waals surface area contributed by atoms with E-state index in [9.17, 15) is 9.59 Å². The molecule has 7 nitrogen and oxygen atoms in total. The lowest BCUT2D eigenvalue weighted by Gasteiger charge is -2.32. The topological polar surface area (TPSA) is 72.5 Å². The quantitative estimate of drug-likeness (QED) is 0.693. The summed E-state index contributed by atoms with van der Waals surface area (Å²) < 4.78 is 3.70. The van der Waals surface area contributed by atoms with E-state index < -0.39 is 0 Å². The molecule has 1 aliphatic carbocycles. The van der Waals surface area contributed by atoms with Crippen LogP contribution in [0.2, 0.25) is 0 Å². The number of nitrogens with zero attached hydrogens (tertiary/aromatic N) is 5. The van der Waals surface area contributed by atoms with Crippen LogP contribution in [0.3, 0.4) is 0 Å². The first kappa shape index (κ1) is 16.7. The number of rotatable bonds is 4. The molecule has 27 heavy (non-hydrogen) atoms. The van der Waals surface area contributed by atoms with Gasteiger partial charge in [0.15, 0.2) is 4.96 Å². The molecule has 8 heteroatoms. The number of imidazole rings is 1. The highest BCUT2D eigenvalue weighted by Gasteiger charge is 2.30. The van der Waals surface area contributed by atoms with E-state index in [1.165, 1.54) is 34.8 Å². The summed E-state index contributed by atoms with van der Waals surface area (Å²) in [4.78, 5) is 36.9. The summed E-state index contributed by atoms with van der Waals surface area (Å²) in [6, 6.07) is 0. The van der Waals surface area contributed by atoms with Crippen molar-refractivity contribution < 1.29 is 4.79 Å². The SMILES string of the molecule is O=C(c1cnc2sccn2c1=O)N1CCCC(c2nccn2CC2CC2)C1. The van der Waals surface area contributed by atoms with Crippen molar-refractivity contribution >= 4 is 22.2 Å². The summed E-state index contributed by atoms with van der Waals surface area (Å²) in [6.07, 6.45) is 11.5. The molecule has 2 fully saturated rings. The van der Waals surface area contributed by atoms with E-state index in [4.69, 9.17) is 0 Å². The van der Waals surface area contributed by atoms with Crippen LogP contribution in [0.25, 0.3) is 4.96 Å². The van der Waals surface area contributed by atoms with Gasteiger partial charge in [0.05, 0.1) is 0 Å². The van der Waals surface area contributed by atoms with Crippen molar-refractivity contribution in [3.8, 4) is 0 Å². The standard InChI is InChI=1S/C19H21N5O2S/c25-17(15-10-21-19-24(18(15)26)8-9-27-19)23-6-1-2-14(12-23)16-20-5-7-22(16)11-13-3-4-13/h5,7-10,13-14H,1-4,6,11-12H2. The van der Waals surface area contributed by atoms with E-state index in [0.717, 1.165) is 31.1 Å². The predicted molar refractivity (Wildman–Crippen MR) is 102 cm³/mol. The maximum Gasteiger partial charge on any atom is 0.271 e. The van der Waals surface area contributed by atoms with Gasteiger partial charge in [0, 0.05) is 55.7 Å². The highest BCUT2D eigenvalue weighted by Crippen LogP contribution is 2.33. The number of carbonyl (C=O) groups excluding carboxylic acids is 1. The number of likely N-dealkylation sites (tertiary alicyclic amines) is 1. The lowest BCUT2D eigenvalue weighted by molar-refractivity contribution is 0.0700. The minimum Gasteiger partial charge on any atom is -0.338 e. The Morgan fingerprint density at radius 3 is 2.96 bits per heavy atom. The first-order chi connectivity index (χ1) is 13.2. The second-order valence-corrected chi connectivity index (χ2v) is 8.38. The summed E-state index contributed by atoms with van der Waals surface area (Å²) in [5.74, 6) is 1.85. The monoisotopic (exact) mass is 383 g/mol. The number of hydrogen-bond donors (Lipinski definition) is 0. The van der Waals surface area contributed by atoms with Gasteiger partial charge in [-0.15, -0.1) is 11.3 Å². The highest BCUT2D eigenvalue weighted by atomic mass is 32.1. The largest absolute Gasteiger partial charge is 0.338 e. The molecule has 0 spiro atoms. The van der Waals surface area contributed by atoms with Gasteiger partial charge in [0.2, 0.25) is 0 Å². The fourth-order valence-electron chi connectivity index (χ4n) is 3.93. The average molecular weight is 383 g/mol. The third-order valence-electron chi connectivity index (χ3n) is 5.55. The molecule has 1 saturated carbocycles. The number of thiazole rings is 1. The van der Waals surface area contributed by atoms with Crippen molar-refractivity contribution in [2.24, 2.45) is 5.92 Å². The molecule has 0 radical (unpaired) electrons. The summed E-state index contributed by atoms with van der Waals surface area (Å²) >= 11 is 1.38. The first-order valence-corrected chi connectivity index (χ1v) is 10.3. The third-order valence-corrected chi connectivity index (χ3v) is 6.32. The molecular weight excluding hydrogens is 362 g/mol. The Labute approximate surface area is 160 Å². The molecule has 140 valence electrons. The van der Waals surface area contributed by atoms with Crippen LogP contribution in [-0.2, 0) is 6.54 Å². The Morgan fingerprint density at radius 1 is 1.22 bits per heavy atom. The molecular formula is C19H21N5O2S. The molecule has 2 aliphatic rings. The van der Waals surface area contributed by atoms with Gasteiger partial charge in [-0.1, -0.05) is 0 Å². The Morgan fingerprint density at radius 2 is 2.11 bits per heavy atom. The molecule has 0 bridgehead atoms. The maximum atomic E-state index is 13.0. The van der Waals surface area contributed by atoms with Crippen LogP contribution in [-0.4, -0.2) is 42.8 Å². The zero-order valence-electron chi connectivity index (χ0n) is 15.0. The minimum absolute atomic E-state index is 0.146. The highest BCUT2D eigenvalue weighted by molar-refractivity contribution is 7.15. The summed E-state index contributed by atoms with van der Waals surface area (Å²) in [7, 11) is 0. The van der Waals surface area contributed by atoms with E-state index in [2.05, 4.69) is 20.7 Å². The molecule has 0 N–H and O–H groups in total. The minimum atomic E-state index is -0.288. The van der Waals surface area contributed by atoms with Crippen LogP contribution in [0.5, 0.6) is 0 Å². The Hall–Kier alpha value is -2.48. The molecule has 3 aromatic heterocycles. The molecule has 1 aliphatic heterocycles.